The first-order chi connectivity index (χ1) is 8.22. The molecule has 0 aliphatic carbocycles. The van der Waals surface area contributed by atoms with Crippen LogP contribution >= 0.6 is 0 Å². The van der Waals surface area contributed by atoms with Crippen LogP contribution in [0.25, 0.3) is 0 Å². The van der Waals surface area contributed by atoms with E-state index in [-0.39, 0.29) is 0 Å². The summed E-state index contributed by atoms with van der Waals surface area (Å²) in [7, 11) is 0. The van der Waals surface area contributed by atoms with Crippen molar-refractivity contribution in [2.45, 2.75) is 85.5 Å². The molecule has 0 amide bonds. The zero-order valence-corrected chi connectivity index (χ0v) is 12.7. The van der Waals surface area contributed by atoms with Crippen molar-refractivity contribution in [1.82, 2.24) is 0 Å². The van der Waals surface area contributed by atoms with Crippen LogP contribution < -0.4 is 0 Å². The molecule has 0 radical (unpaired) electrons. The Labute approximate surface area is 110 Å². The van der Waals surface area contributed by atoms with Crippen LogP contribution in [0.3, 0.4) is 0 Å². The molecule has 0 heteroatoms. The van der Waals surface area contributed by atoms with E-state index >= 15 is 0 Å². The Bertz CT molecular complexity index is 167. The third kappa shape index (κ3) is 10.6. The number of unbranched alkanes of at least 4 members (excludes halogenated alkanes) is 7. The largest absolute Gasteiger partial charge is 0.0914 e. The molecule has 17 heavy (non-hydrogen) atoms. The first kappa shape index (κ1) is 16.7. The van der Waals surface area contributed by atoms with Gasteiger partial charge in [0.15, 0.2) is 0 Å². The van der Waals surface area contributed by atoms with Gasteiger partial charge in [0, 0.05) is 0 Å². The predicted molar refractivity (Wildman–Crippen MR) is 80.4 cm³/mol. The Balaban J connectivity index is 3.36. The van der Waals surface area contributed by atoms with E-state index in [1.165, 1.54) is 57.8 Å². The molecule has 1 unspecified atom stereocenters. The van der Waals surface area contributed by atoms with Crippen LogP contribution in [0.2, 0.25) is 0 Å². The number of rotatable bonds is 11. The van der Waals surface area contributed by atoms with E-state index in [0.29, 0.717) is 0 Å². The maximum absolute atomic E-state index is 2.39. The van der Waals surface area contributed by atoms with Gasteiger partial charge < -0.3 is 0 Å². The molecule has 0 fully saturated rings. The molecule has 1 atom stereocenters. The van der Waals surface area contributed by atoms with Gasteiger partial charge in [0.1, 0.15) is 0 Å². The molecule has 0 aliphatic rings. The number of allylic oxidation sites excluding steroid dienone is 2. The maximum Gasteiger partial charge on any atom is -0.0211 e. The van der Waals surface area contributed by atoms with Crippen molar-refractivity contribution in [3.63, 3.8) is 0 Å². The van der Waals surface area contributed by atoms with Crippen molar-refractivity contribution in [1.29, 1.82) is 0 Å². The molecule has 0 bridgehead atoms. The summed E-state index contributed by atoms with van der Waals surface area (Å²) in [4.78, 5) is 0. The van der Waals surface area contributed by atoms with Gasteiger partial charge in [0.05, 0.1) is 0 Å². The summed E-state index contributed by atoms with van der Waals surface area (Å²) in [6, 6.07) is 0. The van der Waals surface area contributed by atoms with Crippen molar-refractivity contribution in [2.24, 2.45) is 11.8 Å². The Kier molecular flexibility index (Phi) is 12.0. The summed E-state index contributed by atoms with van der Waals surface area (Å²) < 4.78 is 0. The second-order valence-electron chi connectivity index (χ2n) is 5.70. The number of hydrogen-bond acceptors (Lipinski definition) is 0. The fourth-order valence-corrected chi connectivity index (χ4v) is 2.41. The van der Waals surface area contributed by atoms with Crippen molar-refractivity contribution in [2.75, 3.05) is 0 Å². The molecule has 0 N–H and O–H groups in total. The summed E-state index contributed by atoms with van der Waals surface area (Å²) in [5, 5.41) is 0. The summed E-state index contributed by atoms with van der Waals surface area (Å²) in [6.45, 7) is 9.11. The molecule has 0 saturated heterocycles. The minimum Gasteiger partial charge on any atom is -0.0914 e. The summed E-state index contributed by atoms with van der Waals surface area (Å²) in [6.07, 6.45) is 17.4. The topological polar surface area (TPSA) is 0 Å². The summed E-state index contributed by atoms with van der Waals surface area (Å²) in [5.41, 5.74) is 0. The van der Waals surface area contributed by atoms with Gasteiger partial charge in [-0.2, -0.15) is 0 Å². The number of hydrogen-bond donors (Lipinski definition) is 0. The fourth-order valence-electron chi connectivity index (χ4n) is 2.41. The molecule has 0 heterocycles. The Morgan fingerprint density at radius 2 is 1.35 bits per heavy atom. The van der Waals surface area contributed by atoms with Gasteiger partial charge in [-0.15, -0.1) is 0 Å². The van der Waals surface area contributed by atoms with E-state index < -0.39 is 0 Å². The molecule has 0 spiro atoms. The van der Waals surface area contributed by atoms with E-state index in [2.05, 4.69) is 39.8 Å². The highest BCUT2D eigenvalue weighted by atomic mass is 14.1. The van der Waals surface area contributed by atoms with Crippen LogP contribution in [0.5, 0.6) is 0 Å². The van der Waals surface area contributed by atoms with Crippen LogP contribution in [-0.4, -0.2) is 0 Å². The van der Waals surface area contributed by atoms with Gasteiger partial charge in [-0.1, -0.05) is 84.3 Å². The molecule has 0 aromatic carbocycles. The molecule has 0 saturated carbocycles. The van der Waals surface area contributed by atoms with Crippen LogP contribution in [-0.2, 0) is 0 Å². The van der Waals surface area contributed by atoms with Crippen LogP contribution in [0.15, 0.2) is 12.2 Å². The average Bonchev–Trinajstić information content (AvgIpc) is 2.31. The molecule has 0 aromatic rings. The van der Waals surface area contributed by atoms with Crippen LogP contribution in [0.1, 0.15) is 85.5 Å². The van der Waals surface area contributed by atoms with E-state index in [0.717, 1.165) is 11.8 Å². The van der Waals surface area contributed by atoms with Gasteiger partial charge in [-0.25, -0.2) is 0 Å². The molecule has 0 nitrogen and oxygen atoms in total. The lowest BCUT2D eigenvalue weighted by atomic mass is 9.90. The molecule has 0 aromatic heterocycles. The molecule has 102 valence electrons. The second-order valence-corrected chi connectivity index (χ2v) is 5.70. The second kappa shape index (κ2) is 12.2. The zero-order valence-electron chi connectivity index (χ0n) is 12.7. The van der Waals surface area contributed by atoms with Crippen molar-refractivity contribution in [3.05, 3.63) is 12.2 Å². The smallest absolute Gasteiger partial charge is 0.0211 e. The quantitative estimate of drug-likeness (QED) is 0.290. The van der Waals surface area contributed by atoms with E-state index in [9.17, 15) is 0 Å². The molecule has 0 rings (SSSR count). The minimum absolute atomic E-state index is 0.802. The van der Waals surface area contributed by atoms with Crippen molar-refractivity contribution < 1.29 is 0 Å². The standard InChI is InChI=1S/C17H34/c1-5-7-8-9-10-11-12-13-15-17(14-6-2)16(3)4/h6,14,16-17H,5,7-13,15H2,1-4H3. The lowest BCUT2D eigenvalue weighted by molar-refractivity contribution is 0.413. The van der Waals surface area contributed by atoms with Crippen molar-refractivity contribution in [3.8, 4) is 0 Å². The first-order valence-corrected chi connectivity index (χ1v) is 7.85. The fraction of sp³-hybridized carbons (Fsp3) is 0.882. The van der Waals surface area contributed by atoms with Crippen molar-refractivity contribution >= 4 is 0 Å². The third-order valence-corrected chi connectivity index (χ3v) is 3.69. The van der Waals surface area contributed by atoms with E-state index in [1.807, 2.05) is 0 Å². The molecule has 0 aliphatic heterocycles. The Morgan fingerprint density at radius 3 is 1.82 bits per heavy atom. The highest BCUT2D eigenvalue weighted by molar-refractivity contribution is 4.87. The monoisotopic (exact) mass is 238 g/mol. The van der Waals surface area contributed by atoms with E-state index in [1.54, 1.807) is 0 Å². The highest BCUT2D eigenvalue weighted by Crippen LogP contribution is 2.20. The minimum atomic E-state index is 0.802. The SMILES string of the molecule is CC=CC(CCCCCCCCCC)C(C)C. The average molecular weight is 238 g/mol. The lowest BCUT2D eigenvalue weighted by Crippen LogP contribution is -2.05. The summed E-state index contributed by atoms with van der Waals surface area (Å²) in [5.74, 6) is 1.61. The van der Waals surface area contributed by atoms with Crippen LogP contribution in [0.4, 0.5) is 0 Å². The Morgan fingerprint density at radius 1 is 0.824 bits per heavy atom. The zero-order chi connectivity index (χ0) is 12.9. The molecular weight excluding hydrogens is 204 g/mol. The van der Waals surface area contributed by atoms with Crippen LogP contribution in [0, 0.1) is 11.8 Å². The molecular formula is C17H34. The summed E-state index contributed by atoms with van der Waals surface area (Å²) >= 11 is 0. The normalized spacial score (nSPS) is 13.7. The van der Waals surface area contributed by atoms with Gasteiger partial charge in [-0.3, -0.25) is 0 Å². The lowest BCUT2D eigenvalue weighted by Gasteiger charge is -2.16. The first-order valence-electron chi connectivity index (χ1n) is 7.85. The van der Waals surface area contributed by atoms with E-state index in [4.69, 9.17) is 0 Å². The maximum atomic E-state index is 2.39. The predicted octanol–water partition coefficient (Wildman–Crippen LogP) is 6.37. The Hall–Kier alpha value is -0.260. The third-order valence-electron chi connectivity index (χ3n) is 3.69. The van der Waals surface area contributed by atoms with Gasteiger partial charge in [0.2, 0.25) is 0 Å². The van der Waals surface area contributed by atoms with Gasteiger partial charge in [-0.05, 0) is 25.2 Å². The highest BCUT2D eigenvalue weighted by Gasteiger charge is 2.08. The van der Waals surface area contributed by atoms with Gasteiger partial charge >= 0.3 is 0 Å². The van der Waals surface area contributed by atoms with Gasteiger partial charge in [0.25, 0.3) is 0 Å².